The molecule has 0 aromatic rings. The minimum atomic E-state index is -0.236. The van der Waals surface area contributed by atoms with E-state index >= 15 is 0 Å². The van der Waals surface area contributed by atoms with Gasteiger partial charge in [-0.3, -0.25) is 0 Å². The predicted molar refractivity (Wildman–Crippen MR) is 67.5 cm³/mol. The van der Waals surface area contributed by atoms with Gasteiger partial charge in [0.15, 0.2) is 5.79 Å². The van der Waals surface area contributed by atoms with Crippen LogP contribution in [-0.4, -0.2) is 19.0 Å². The van der Waals surface area contributed by atoms with Crippen molar-refractivity contribution in [3.8, 4) is 0 Å². The Labute approximate surface area is 101 Å². The van der Waals surface area contributed by atoms with Crippen LogP contribution in [0.2, 0.25) is 0 Å². The van der Waals surface area contributed by atoms with E-state index in [1.165, 1.54) is 32.1 Å². The molecule has 0 unspecified atom stereocenters. The van der Waals surface area contributed by atoms with Crippen LogP contribution >= 0.6 is 0 Å². The molecular formula is C14H28O2. The fourth-order valence-corrected chi connectivity index (χ4v) is 2.48. The van der Waals surface area contributed by atoms with Gasteiger partial charge in [-0.05, 0) is 12.3 Å². The molecule has 0 radical (unpaired) electrons. The summed E-state index contributed by atoms with van der Waals surface area (Å²) in [4.78, 5) is 0. The highest BCUT2D eigenvalue weighted by Gasteiger charge is 2.36. The molecule has 0 bridgehead atoms. The maximum atomic E-state index is 5.84. The second kappa shape index (κ2) is 7.29. The first-order valence-corrected chi connectivity index (χ1v) is 6.96. The highest BCUT2D eigenvalue weighted by atomic mass is 16.7. The van der Waals surface area contributed by atoms with E-state index in [1.54, 1.807) is 0 Å². The standard InChI is InChI=1S/C14H28O2/c1-4-5-6-7-8-9-14(12-13(2)3)15-10-11-16-14/h13H,4-12H2,1-3H3. The lowest BCUT2D eigenvalue weighted by molar-refractivity contribution is -0.173. The van der Waals surface area contributed by atoms with Gasteiger partial charge < -0.3 is 9.47 Å². The molecule has 0 aromatic carbocycles. The van der Waals surface area contributed by atoms with E-state index in [-0.39, 0.29) is 5.79 Å². The molecule has 0 spiro atoms. The van der Waals surface area contributed by atoms with Gasteiger partial charge in [0.2, 0.25) is 0 Å². The number of rotatable bonds is 8. The normalized spacial score (nSPS) is 19.5. The Hall–Kier alpha value is -0.0800. The molecule has 1 aliphatic heterocycles. The zero-order chi connectivity index (χ0) is 11.9. The van der Waals surface area contributed by atoms with Crippen LogP contribution in [-0.2, 0) is 9.47 Å². The molecule has 0 saturated carbocycles. The van der Waals surface area contributed by atoms with Crippen LogP contribution in [0.15, 0.2) is 0 Å². The third-order valence-corrected chi connectivity index (χ3v) is 3.19. The monoisotopic (exact) mass is 228 g/mol. The van der Waals surface area contributed by atoms with Crippen LogP contribution in [0.1, 0.15) is 65.7 Å². The van der Waals surface area contributed by atoms with Gasteiger partial charge in [-0.2, -0.15) is 0 Å². The SMILES string of the molecule is CCCCCCCC1(CC(C)C)OCCO1. The van der Waals surface area contributed by atoms with Crippen LogP contribution in [0, 0.1) is 5.92 Å². The average molecular weight is 228 g/mol. The van der Waals surface area contributed by atoms with Gasteiger partial charge in [0, 0.05) is 12.8 Å². The molecule has 1 aliphatic rings. The summed E-state index contributed by atoms with van der Waals surface area (Å²) in [6, 6.07) is 0. The van der Waals surface area contributed by atoms with Crippen molar-refractivity contribution >= 4 is 0 Å². The van der Waals surface area contributed by atoms with Crippen LogP contribution in [0.25, 0.3) is 0 Å². The maximum absolute atomic E-state index is 5.84. The summed E-state index contributed by atoms with van der Waals surface area (Å²) in [7, 11) is 0. The molecule has 96 valence electrons. The minimum Gasteiger partial charge on any atom is -0.348 e. The molecule has 2 nitrogen and oxygen atoms in total. The van der Waals surface area contributed by atoms with E-state index in [4.69, 9.17) is 9.47 Å². The Balaban J connectivity index is 2.22. The van der Waals surface area contributed by atoms with Crippen LogP contribution in [0.4, 0.5) is 0 Å². The molecular weight excluding hydrogens is 200 g/mol. The lowest BCUT2D eigenvalue weighted by Crippen LogP contribution is -2.31. The van der Waals surface area contributed by atoms with Crippen molar-refractivity contribution in [3.05, 3.63) is 0 Å². The Morgan fingerprint density at radius 3 is 2.19 bits per heavy atom. The molecule has 0 atom stereocenters. The van der Waals surface area contributed by atoms with E-state index in [0.29, 0.717) is 5.92 Å². The van der Waals surface area contributed by atoms with Gasteiger partial charge in [0.05, 0.1) is 13.2 Å². The number of hydrogen-bond acceptors (Lipinski definition) is 2. The Kier molecular flexibility index (Phi) is 6.37. The third kappa shape index (κ3) is 4.84. The average Bonchev–Trinajstić information content (AvgIpc) is 2.65. The van der Waals surface area contributed by atoms with Gasteiger partial charge in [-0.25, -0.2) is 0 Å². The fourth-order valence-electron chi connectivity index (χ4n) is 2.48. The molecule has 1 saturated heterocycles. The van der Waals surface area contributed by atoms with E-state index in [0.717, 1.165) is 26.1 Å². The first-order valence-electron chi connectivity index (χ1n) is 6.96. The Morgan fingerprint density at radius 1 is 1.00 bits per heavy atom. The van der Waals surface area contributed by atoms with Crippen molar-refractivity contribution in [2.24, 2.45) is 5.92 Å². The zero-order valence-electron chi connectivity index (χ0n) is 11.3. The molecule has 16 heavy (non-hydrogen) atoms. The van der Waals surface area contributed by atoms with Gasteiger partial charge in [0.25, 0.3) is 0 Å². The van der Waals surface area contributed by atoms with Crippen molar-refractivity contribution in [2.75, 3.05) is 13.2 Å². The molecule has 1 fully saturated rings. The van der Waals surface area contributed by atoms with E-state index in [2.05, 4.69) is 20.8 Å². The van der Waals surface area contributed by atoms with Crippen LogP contribution in [0.5, 0.6) is 0 Å². The van der Waals surface area contributed by atoms with Gasteiger partial charge in [-0.15, -0.1) is 0 Å². The summed E-state index contributed by atoms with van der Waals surface area (Å²) >= 11 is 0. The van der Waals surface area contributed by atoms with Gasteiger partial charge in [0.1, 0.15) is 0 Å². The fraction of sp³-hybridized carbons (Fsp3) is 1.00. The van der Waals surface area contributed by atoms with E-state index in [9.17, 15) is 0 Å². The summed E-state index contributed by atoms with van der Waals surface area (Å²) < 4.78 is 11.7. The van der Waals surface area contributed by atoms with E-state index < -0.39 is 0 Å². The lowest BCUT2D eigenvalue weighted by atomic mass is 9.97. The maximum Gasteiger partial charge on any atom is 0.168 e. The number of unbranched alkanes of at least 4 members (excludes halogenated alkanes) is 4. The highest BCUT2D eigenvalue weighted by molar-refractivity contribution is 4.75. The quantitative estimate of drug-likeness (QED) is 0.581. The molecule has 0 N–H and O–H groups in total. The van der Waals surface area contributed by atoms with Crippen molar-refractivity contribution < 1.29 is 9.47 Å². The molecule has 1 rings (SSSR count). The number of hydrogen-bond donors (Lipinski definition) is 0. The van der Waals surface area contributed by atoms with E-state index in [1.807, 2.05) is 0 Å². The largest absolute Gasteiger partial charge is 0.348 e. The summed E-state index contributed by atoms with van der Waals surface area (Å²) in [6.45, 7) is 8.29. The predicted octanol–water partition coefficient (Wildman–Crippen LogP) is 4.14. The smallest absolute Gasteiger partial charge is 0.168 e. The molecule has 0 amide bonds. The summed E-state index contributed by atoms with van der Waals surface area (Å²) in [5, 5.41) is 0. The van der Waals surface area contributed by atoms with Crippen molar-refractivity contribution in [2.45, 2.75) is 71.5 Å². The minimum absolute atomic E-state index is 0.236. The second-order valence-corrected chi connectivity index (χ2v) is 5.37. The molecule has 0 aromatic heterocycles. The van der Waals surface area contributed by atoms with Crippen LogP contribution < -0.4 is 0 Å². The zero-order valence-corrected chi connectivity index (χ0v) is 11.3. The first-order chi connectivity index (χ1) is 7.68. The molecule has 0 aliphatic carbocycles. The molecule has 2 heteroatoms. The third-order valence-electron chi connectivity index (χ3n) is 3.19. The second-order valence-electron chi connectivity index (χ2n) is 5.37. The highest BCUT2D eigenvalue weighted by Crippen LogP contribution is 2.32. The summed E-state index contributed by atoms with van der Waals surface area (Å²) in [6.07, 6.45) is 8.71. The first kappa shape index (κ1) is 14.0. The topological polar surface area (TPSA) is 18.5 Å². The Morgan fingerprint density at radius 2 is 1.62 bits per heavy atom. The summed E-state index contributed by atoms with van der Waals surface area (Å²) in [5.74, 6) is 0.411. The van der Waals surface area contributed by atoms with Crippen LogP contribution in [0.3, 0.4) is 0 Å². The van der Waals surface area contributed by atoms with Crippen molar-refractivity contribution in [1.29, 1.82) is 0 Å². The molecule has 1 heterocycles. The number of ether oxygens (including phenoxy) is 2. The Bertz CT molecular complexity index is 172. The van der Waals surface area contributed by atoms with Crippen molar-refractivity contribution in [3.63, 3.8) is 0 Å². The lowest BCUT2D eigenvalue weighted by Gasteiger charge is -2.29. The van der Waals surface area contributed by atoms with Gasteiger partial charge >= 0.3 is 0 Å². The summed E-state index contributed by atoms with van der Waals surface area (Å²) in [5.41, 5.74) is 0. The van der Waals surface area contributed by atoms with Crippen molar-refractivity contribution in [1.82, 2.24) is 0 Å². The van der Waals surface area contributed by atoms with Gasteiger partial charge in [-0.1, -0.05) is 46.5 Å².